The Bertz CT molecular complexity index is 1220. The Morgan fingerprint density at radius 2 is 1.91 bits per heavy atom. The van der Waals surface area contributed by atoms with E-state index in [0.29, 0.717) is 28.5 Å². The summed E-state index contributed by atoms with van der Waals surface area (Å²) < 4.78 is 55.7. The number of nitrogens with one attached hydrogen (secondary N) is 2. The first kappa shape index (κ1) is 23.2. The summed E-state index contributed by atoms with van der Waals surface area (Å²) in [4.78, 5) is 16.3. The molecule has 0 spiro atoms. The Hall–Kier alpha value is -2.93. The number of benzene rings is 1. The van der Waals surface area contributed by atoms with Crippen LogP contribution in [-0.2, 0) is 19.5 Å². The number of imidazole rings is 1. The van der Waals surface area contributed by atoms with Crippen molar-refractivity contribution < 1.29 is 27.0 Å². The number of nitrogens with zero attached hydrogens (tertiary/aromatic N) is 3. The van der Waals surface area contributed by atoms with Crippen LogP contribution in [-0.4, -0.2) is 61.5 Å². The predicted molar refractivity (Wildman–Crippen MR) is 117 cm³/mol. The average Bonchev–Trinajstić information content (AvgIpc) is 3.24. The Morgan fingerprint density at radius 1 is 1.21 bits per heavy atom. The van der Waals surface area contributed by atoms with Crippen LogP contribution in [0.2, 0.25) is 0 Å². The van der Waals surface area contributed by atoms with Crippen molar-refractivity contribution in [2.45, 2.75) is 13.2 Å². The highest BCUT2D eigenvalue weighted by atomic mass is 32.2. The molecule has 0 bridgehead atoms. The van der Waals surface area contributed by atoms with E-state index in [2.05, 4.69) is 24.7 Å². The topological polar surface area (TPSA) is 128 Å². The van der Waals surface area contributed by atoms with Crippen LogP contribution < -0.4 is 9.46 Å². The molecule has 12 heteroatoms. The van der Waals surface area contributed by atoms with Crippen LogP contribution in [0, 0.1) is 11.2 Å². The monoisotopic (exact) mass is 477 g/mol. The first-order valence-electron chi connectivity index (χ1n) is 10.1. The van der Waals surface area contributed by atoms with Crippen LogP contribution in [0.15, 0.2) is 36.5 Å². The molecule has 4 rings (SSSR count). The largest absolute Gasteiger partial charge is 0.467 e. The van der Waals surface area contributed by atoms with Crippen molar-refractivity contribution >= 4 is 10.0 Å². The summed E-state index contributed by atoms with van der Waals surface area (Å²) in [6, 6.07) is 7.82. The van der Waals surface area contributed by atoms with E-state index in [1.54, 1.807) is 24.4 Å². The Labute approximate surface area is 190 Å². The van der Waals surface area contributed by atoms with Crippen LogP contribution in [0.25, 0.3) is 22.6 Å². The maximum atomic E-state index is 13.5. The first-order valence-corrected chi connectivity index (χ1v) is 12.0. The molecule has 33 heavy (non-hydrogen) atoms. The number of H-pyrrole nitrogens is 1. The summed E-state index contributed by atoms with van der Waals surface area (Å²) in [7, 11) is -1.86. The molecule has 2 aromatic heterocycles. The fourth-order valence-electron chi connectivity index (χ4n) is 3.29. The van der Waals surface area contributed by atoms with Gasteiger partial charge in [-0.25, -0.2) is 27.5 Å². The van der Waals surface area contributed by atoms with Gasteiger partial charge in [0.25, 0.3) is 0 Å². The van der Waals surface area contributed by atoms with E-state index in [1.165, 1.54) is 19.2 Å². The van der Waals surface area contributed by atoms with Gasteiger partial charge in [-0.1, -0.05) is 6.92 Å². The summed E-state index contributed by atoms with van der Waals surface area (Å²) in [5, 5.41) is 0. The molecule has 3 heterocycles. The molecule has 1 aliphatic heterocycles. The van der Waals surface area contributed by atoms with E-state index in [0.717, 1.165) is 6.26 Å². The fraction of sp³-hybridized carbons (Fsp3) is 0.381. The van der Waals surface area contributed by atoms with Crippen molar-refractivity contribution in [1.29, 1.82) is 0 Å². The molecule has 2 N–H and O–H groups in total. The molecule has 1 saturated heterocycles. The third-order valence-corrected chi connectivity index (χ3v) is 5.73. The second-order valence-electron chi connectivity index (χ2n) is 8.14. The smallest absolute Gasteiger partial charge is 0.316 e. The molecule has 0 atom stereocenters. The number of aromatic nitrogens is 4. The lowest BCUT2D eigenvalue weighted by Gasteiger charge is -2.36. The van der Waals surface area contributed by atoms with Crippen molar-refractivity contribution in [2.24, 2.45) is 5.41 Å². The lowest BCUT2D eigenvalue weighted by Crippen LogP contribution is -2.45. The lowest BCUT2D eigenvalue weighted by molar-refractivity contribution is -0.231. The van der Waals surface area contributed by atoms with E-state index >= 15 is 0 Å². The van der Waals surface area contributed by atoms with Gasteiger partial charge < -0.3 is 19.2 Å². The molecular weight excluding hydrogens is 453 g/mol. The number of ether oxygens (including phenoxy) is 3. The number of sulfonamides is 1. The molecule has 10 nitrogen and oxygen atoms in total. The van der Waals surface area contributed by atoms with Gasteiger partial charge in [-0.3, -0.25) is 0 Å². The minimum Gasteiger partial charge on any atom is -0.467 e. The first-order chi connectivity index (χ1) is 15.7. The highest BCUT2D eigenvalue weighted by Crippen LogP contribution is 2.35. The van der Waals surface area contributed by atoms with Crippen LogP contribution in [0.3, 0.4) is 0 Å². The van der Waals surface area contributed by atoms with Crippen LogP contribution in [0.4, 0.5) is 4.39 Å². The summed E-state index contributed by atoms with van der Waals surface area (Å²) in [5.41, 5.74) is 1.76. The highest BCUT2D eigenvalue weighted by molar-refractivity contribution is 7.88. The standard InChI is InChI=1S/C21H24FN5O5S/c1-21(10-24-33(3,28)29)11-31-19(32-12-21)18-26-16(13-4-6-14(22)7-5-13)17(27-18)15-8-9-23-20(25-15)30-2/h4-9,19,24H,10-12H2,1-3H3,(H,26,27). The molecule has 1 aromatic carbocycles. The zero-order valence-corrected chi connectivity index (χ0v) is 19.1. The van der Waals surface area contributed by atoms with E-state index in [9.17, 15) is 12.8 Å². The van der Waals surface area contributed by atoms with E-state index in [-0.39, 0.29) is 31.6 Å². The van der Waals surface area contributed by atoms with Gasteiger partial charge in [-0.2, -0.15) is 4.98 Å². The zero-order valence-electron chi connectivity index (χ0n) is 18.3. The molecule has 0 amide bonds. The third-order valence-electron chi connectivity index (χ3n) is 5.06. The SMILES string of the molecule is COc1nccc(-c2[nH]c(C3OCC(C)(CNS(C)(=O)=O)CO3)nc2-c2ccc(F)cc2)n1. The van der Waals surface area contributed by atoms with Crippen LogP contribution >= 0.6 is 0 Å². The molecule has 0 unspecified atom stereocenters. The van der Waals surface area contributed by atoms with Gasteiger partial charge in [0.05, 0.1) is 43.7 Å². The summed E-state index contributed by atoms with van der Waals surface area (Å²) in [6.07, 6.45) is 1.87. The number of hydrogen-bond acceptors (Lipinski definition) is 8. The predicted octanol–water partition coefficient (Wildman–Crippen LogP) is 2.28. The molecule has 3 aromatic rings. The van der Waals surface area contributed by atoms with Gasteiger partial charge in [0.1, 0.15) is 5.82 Å². The minimum absolute atomic E-state index is 0.184. The molecule has 1 aliphatic rings. The van der Waals surface area contributed by atoms with Gasteiger partial charge in [-0.15, -0.1) is 0 Å². The molecule has 0 saturated carbocycles. The number of aromatic amines is 1. The highest BCUT2D eigenvalue weighted by Gasteiger charge is 2.35. The summed E-state index contributed by atoms with van der Waals surface area (Å²) in [6.45, 7) is 2.56. The van der Waals surface area contributed by atoms with Gasteiger partial charge in [0, 0.05) is 23.7 Å². The van der Waals surface area contributed by atoms with Crippen molar-refractivity contribution in [3.05, 3.63) is 48.2 Å². The lowest BCUT2D eigenvalue weighted by atomic mass is 9.92. The zero-order chi connectivity index (χ0) is 23.6. The van der Waals surface area contributed by atoms with E-state index in [1.807, 2.05) is 6.92 Å². The van der Waals surface area contributed by atoms with Crippen molar-refractivity contribution in [3.8, 4) is 28.7 Å². The summed E-state index contributed by atoms with van der Waals surface area (Å²) >= 11 is 0. The summed E-state index contributed by atoms with van der Waals surface area (Å²) in [5.74, 6) is 0.0423. The maximum absolute atomic E-state index is 13.5. The Kier molecular flexibility index (Phi) is 6.43. The Balaban J connectivity index is 1.63. The quantitative estimate of drug-likeness (QED) is 0.530. The second-order valence-corrected chi connectivity index (χ2v) is 9.97. The van der Waals surface area contributed by atoms with Gasteiger partial charge in [0.15, 0.2) is 5.82 Å². The molecule has 176 valence electrons. The third kappa shape index (κ3) is 5.53. The van der Waals surface area contributed by atoms with Crippen molar-refractivity contribution in [1.82, 2.24) is 24.7 Å². The van der Waals surface area contributed by atoms with Crippen molar-refractivity contribution in [2.75, 3.05) is 33.1 Å². The van der Waals surface area contributed by atoms with E-state index in [4.69, 9.17) is 14.2 Å². The second kappa shape index (κ2) is 9.14. The van der Waals surface area contributed by atoms with Gasteiger partial charge in [-0.05, 0) is 30.3 Å². The molecule has 0 aliphatic carbocycles. The molecule has 0 radical (unpaired) electrons. The number of methoxy groups -OCH3 is 1. The van der Waals surface area contributed by atoms with Crippen LogP contribution in [0.1, 0.15) is 19.0 Å². The fourth-order valence-corrected chi connectivity index (χ4v) is 3.90. The average molecular weight is 478 g/mol. The normalized spacial score (nSPS) is 21.2. The van der Waals surface area contributed by atoms with Gasteiger partial charge in [0.2, 0.25) is 16.3 Å². The molecular formula is C21H24FN5O5S. The molecule has 1 fully saturated rings. The van der Waals surface area contributed by atoms with Crippen LogP contribution in [0.5, 0.6) is 6.01 Å². The number of halogens is 1. The number of rotatable bonds is 7. The van der Waals surface area contributed by atoms with Crippen molar-refractivity contribution in [3.63, 3.8) is 0 Å². The maximum Gasteiger partial charge on any atom is 0.316 e. The van der Waals surface area contributed by atoms with Gasteiger partial charge >= 0.3 is 6.01 Å². The van der Waals surface area contributed by atoms with E-state index < -0.39 is 21.7 Å². The number of hydrogen-bond donors (Lipinski definition) is 2. The Morgan fingerprint density at radius 3 is 2.55 bits per heavy atom. The minimum atomic E-state index is -3.33.